The van der Waals surface area contributed by atoms with Crippen molar-refractivity contribution in [2.24, 2.45) is 5.73 Å². The minimum atomic E-state index is -4.71. The number of nitrogens with zero attached hydrogens (tertiary/aromatic N) is 4. The Morgan fingerprint density at radius 2 is 1.87 bits per heavy atom. The fraction of sp³-hybridized carbons (Fsp3) is 0.524. The van der Waals surface area contributed by atoms with Crippen molar-refractivity contribution in [2.45, 2.75) is 62.8 Å². The summed E-state index contributed by atoms with van der Waals surface area (Å²) in [5.41, 5.74) is 5.63. The summed E-state index contributed by atoms with van der Waals surface area (Å²) in [4.78, 5) is 24.5. The van der Waals surface area contributed by atoms with Crippen molar-refractivity contribution in [3.8, 4) is 0 Å². The number of amides is 3. The van der Waals surface area contributed by atoms with Crippen LogP contribution in [0.3, 0.4) is 0 Å². The van der Waals surface area contributed by atoms with E-state index in [0.29, 0.717) is 18.6 Å². The molecule has 11 nitrogen and oxygen atoms in total. The molecule has 4 N–H and O–H groups in total. The van der Waals surface area contributed by atoms with E-state index in [-0.39, 0.29) is 50.4 Å². The van der Waals surface area contributed by atoms with E-state index in [9.17, 15) is 40.0 Å². The van der Waals surface area contributed by atoms with Gasteiger partial charge in [0, 0.05) is 32.1 Å². The minimum absolute atomic E-state index is 0.0527. The zero-order valence-electron chi connectivity index (χ0n) is 20.2. The molecule has 1 atom stereocenters. The number of benzene rings is 1. The third-order valence-electron chi connectivity index (χ3n) is 5.71. The van der Waals surface area contributed by atoms with E-state index >= 15 is 0 Å². The van der Waals surface area contributed by atoms with Crippen LogP contribution in [-0.2, 0) is 40.5 Å². The van der Waals surface area contributed by atoms with Crippen molar-refractivity contribution in [1.29, 1.82) is 0 Å². The Bertz CT molecular complexity index is 1300. The quantitative estimate of drug-likeness (QED) is 0.308. The predicted octanol–water partition coefficient (Wildman–Crippen LogP) is 1.67. The first-order valence-electron chi connectivity index (χ1n) is 11.5. The highest BCUT2D eigenvalue weighted by atomic mass is 32.2. The van der Waals surface area contributed by atoms with Crippen molar-refractivity contribution in [3.63, 3.8) is 0 Å². The maximum Gasteiger partial charge on any atom is 0.451 e. The van der Waals surface area contributed by atoms with Crippen LogP contribution < -0.4 is 15.8 Å². The summed E-state index contributed by atoms with van der Waals surface area (Å²) in [6, 6.07) is -1.08. The van der Waals surface area contributed by atoms with Gasteiger partial charge in [-0.2, -0.15) is 13.2 Å². The normalized spacial score (nSPS) is 14.7. The zero-order chi connectivity index (χ0) is 28.3. The van der Waals surface area contributed by atoms with Crippen molar-refractivity contribution in [1.82, 2.24) is 29.7 Å². The van der Waals surface area contributed by atoms with Gasteiger partial charge >= 0.3 is 12.2 Å². The number of nitrogens with two attached hydrogens (primary N) is 1. The van der Waals surface area contributed by atoms with Crippen LogP contribution >= 0.6 is 0 Å². The van der Waals surface area contributed by atoms with E-state index < -0.39 is 56.5 Å². The number of aromatic nitrogens is 3. The van der Waals surface area contributed by atoms with Crippen molar-refractivity contribution < 1.29 is 40.0 Å². The molecule has 0 bridgehead atoms. The number of rotatable bonds is 9. The second kappa shape index (κ2) is 11.6. The molecule has 0 unspecified atom stereocenters. The number of halogens is 5. The molecule has 3 amide bonds. The van der Waals surface area contributed by atoms with Crippen LogP contribution in [0.5, 0.6) is 0 Å². The number of urea groups is 1. The van der Waals surface area contributed by atoms with Crippen LogP contribution in [0, 0.1) is 11.6 Å². The fourth-order valence-electron chi connectivity index (χ4n) is 3.81. The third-order valence-corrected chi connectivity index (χ3v) is 7.06. The molecule has 0 radical (unpaired) electrons. The molecular formula is C21H26F5N7O4S. The first-order valence-corrected chi connectivity index (χ1v) is 13.0. The second-order valence-corrected chi connectivity index (χ2v) is 10.3. The van der Waals surface area contributed by atoms with Gasteiger partial charge in [0.05, 0.1) is 6.54 Å². The third kappa shape index (κ3) is 6.94. The van der Waals surface area contributed by atoms with Gasteiger partial charge in [-0.1, -0.05) is 13.3 Å². The van der Waals surface area contributed by atoms with Gasteiger partial charge in [-0.05, 0) is 30.5 Å². The molecule has 210 valence electrons. The molecule has 1 aromatic heterocycles. The Labute approximate surface area is 214 Å². The van der Waals surface area contributed by atoms with Crippen LogP contribution in [0.4, 0.5) is 26.7 Å². The average Bonchev–Trinajstić information content (AvgIpc) is 3.25. The van der Waals surface area contributed by atoms with Crippen LogP contribution in [-0.4, -0.2) is 59.2 Å². The lowest BCUT2D eigenvalue weighted by Crippen LogP contribution is -2.42. The predicted molar refractivity (Wildman–Crippen MR) is 122 cm³/mol. The molecule has 2 heterocycles. The molecule has 0 spiro atoms. The van der Waals surface area contributed by atoms with Gasteiger partial charge in [0.25, 0.3) is 10.0 Å². The zero-order valence-corrected chi connectivity index (χ0v) is 21.0. The van der Waals surface area contributed by atoms with E-state index in [0.717, 1.165) is 11.0 Å². The molecule has 1 aromatic carbocycles. The number of sulfonamides is 1. The Balaban J connectivity index is 1.62. The molecule has 0 fully saturated rings. The van der Waals surface area contributed by atoms with Gasteiger partial charge in [-0.15, -0.1) is 10.2 Å². The monoisotopic (exact) mass is 567 g/mol. The summed E-state index contributed by atoms with van der Waals surface area (Å²) in [6.07, 6.45) is -4.05. The molecule has 0 aliphatic carbocycles. The minimum Gasteiger partial charge on any atom is -0.337 e. The number of alkyl halides is 3. The van der Waals surface area contributed by atoms with Crippen LogP contribution in [0.15, 0.2) is 17.0 Å². The highest BCUT2D eigenvalue weighted by Gasteiger charge is 2.40. The van der Waals surface area contributed by atoms with Crippen molar-refractivity contribution >= 4 is 22.0 Å². The second-order valence-electron chi connectivity index (χ2n) is 8.66. The summed E-state index contributed by atoms with van der Waals surface area (Å²) in [6.45, 7) is 1.57. The number of hydrogen-bond acceptors (Lipinski definition) is 7. The van der Waals surface area contributed by atoms with E-state index in [1.807, 2.05) is 6.92 Å². The van der Waals surface area contributed by atoms with Gasteiger partial charge in [0.15, 0.2) is 5.82 Å². The first-order chi connectivity index (χ1) is 17.7. The van der Waals surface area contributed by atoms with Gasteiger partial charge in [0.2, 0.25) is 11.7 Å². The summed E-state index contributed by atoms with van der Waals surface area (Å²) < 4.78 is 95.3. The van der Waals surface area contributed by atoms with Gasteiger partial charge in [-0.25, -0.2) is 26.7 Å². The number of carbonyl (C=O) groups is 2. The lowest BCUT2D eigenvalue weighted by molar-refractivity contribution is -0.148. The number of nitrogens with one attached hydrogen (secondary N) is 2. The molecule has 2 aromatic rings. The fourth-order valence-corrected chi connectivity index (χ4v) is 4.81. The number of carbonyl (C=O) groups excluding carboxylic acids is 2. The summed E-state index contributed by atoms with van der Waals surface area (Å²) in [5.74, 6) is -4.20. The average molecular weight is 568 g/mol. The van der Waals surface area contributed by atoms with Crippen molar-refractivity contribution in [3.05, 3.63) is 41.0 Å². The van der Waals surface area contributed by atoms with E-state index in [1.54, 1.807) is 4.72 Å². The maximum atomic E-state index is 14.6. The topological polar surface area (TPSA) is 152 Å². The summed E-state index contributed by atoms with van der Waals surface area (Å²) in [7, 11) is -4.71. The Kier molecular flexibility index (Phi) is 8.91. The first kappa shape index (κ1) is 29.2. The Morgan fingerprint density at radius 1 is 1.16 bits per heavy atom. The van der Waals surface area contributed by atoms with Crippen LogP contribution in [0.25, 0.3) is 0 Å². The molecule has 17 heteroatoms. The highest BCUT2D eigenvalue weighted by Crippen LogP contribution is 2.29. The number of hydrogen-bond donors (Lipinski definition) is 3. The SMILES string of the molecule is CCCCNC(=O)NS(=O)(=O)c1cc(F)c(C[C@@H](N)CC(=O)N2CCn3c(nnc3C(F)(F)F)C2)cc1F. The van der Waals surface area contributed by atoms with Crippen LogP contribution in [0.2, 0.25) is 0 Å². The van der Waals surface area contributed by atoms with E-state index in [2.05, 4.69) is 15.5 Å². The van der Waals surface area contributed by atoms with Crippen molar-refractivity contribution in [2.75, 3.05) is 13.1 Å². The maximum absolute atomic E-state index is 14.6. The van der Waals surface area contributed by atoms with E-state index in [1.165, 1.54) is 4.90 Å². The number of fused-ring (bicyclic) bond motifs is 1. The lowest BCUT2D eigenvalue weighted by Gasteiger charge is -2.29. The lowest BCUT2D eigenvalue weighted by atomic mass is 10.0. The molecule has 0 saturated heterocycles. The van der Waals surface area contributed by atoms with E-state index in [4.69, 9.17) is 5.73 Å². The molecular weight excluding hydrogens is 541 g/mol. The molecule has 0 saturated carbocycles. The number of unbranched alkanes of at least 4 members (excludes halogenated alkanes) is 1. The summed E-state index contributed by atoms with van der Waals surface area (Å²) in [5, 5.41) is 8.90. The van der Waals surface area contributed by atoms with Gasteiger partial charge in [0.1, 0.15) is 16.5 Å². The molecule has 3 rings (SSSR count). The highest BCUT2D eigenvalue weighted by molar-refractivity contribution is 7.90. The summed E-state index contributed by atoms with van der Waals surface area (Å²) >= 11 is 0. The van der Waals surface area contributed by atoms with Crippen LogP contribution in [0.1, 0.15) is 43.4 Å². The molecule has 1 aliphatic rings. The largest absolute Gasteiger partial charge is 0.451 e. The Morgan fingerprint density at radius 3 is 2.53 bits per heavy atom. The molecule has 1 aliphatic heterocycles. The standard InChI is InChI=1S/C21H26F5N7O4S/c1-2-3-4-28-20(35)31-38(36,37)16-10-14(22)12(8-15(16)23)7-13(27)9-18(34)32-5-6-33-17(11-32)29-30-19(33)21(24,25)26/h8,10,13H,2-7,9,11,27H2,1H3,(H2,28,31,35)/t13-/m1/s1. The van der Waals surface area contributed by atoms with Gasteiger partial charge < -0.3 is 20.5 Å². The van der Waals surface area contributed by atoms with Gasteiger partial charge in [-0.3, -0.25) is 4.79 Å². The Hall–Kier alpha value is -3.34. The molecule has 38 heavy (non-hydrogen) atoms. The smallest absolute Gasteiger partial charge is 0.337 e.